The third kappa shape index (κ3) is 6.10. The molecule has 0 saturated heterocycles. The molecule has 4 N–H and O–H groups in total. The number of hydrogen-bond donors (Lipinski definition) is 2. The van der Waals surface area contributed by atoms with Crippen LogP contribution in [0.5, 0.6) is 11.5 Å². The van der Waals surface area contributed by atoms with Crippen molar-refractivity contribution in [2.45, 2.75) is 45.3 Å². The zero-order valence-electron chi connectivity index (χ0n) is 13.7. The molecule has 0 heterocycles. The Kier molecular flexibility index (Phi) is 6.60. The summed E-state index contributed by atoms with van der Waals surface area (Å²) in [7, 11) is 0. The first-order chi connectivity index (χ1) is 11.2. The number of benzene rings is 2. The monoisotopic (exact) mass is 314 g/mol. The van der Waals surface area contributed by atoms with Gasteiger partial charge in [-0.3, -0.25) is 0 Å². The largest absolute Gasteiger partial charge is 0.455 e. The van der Waals surface area contributed by atoms with Crippen molar-refractivity contribution in [2.75, 3.05) is 11.5 Å². The Bertz CT molecular complexity index is 519. The highest BCUT2D eigenvalue weighted by atomic mass is 16.7. The van der Waals surface area contributed by atoms with Gasteiger partial charge in [-0.25, -0.2) is 0 Å². The van der Waals surface area contributed by atoms with Crippen LogP contribution in [-0.4, -0.2) is 6.29 Å². The Morgan fingerprint density at radius 1 is 0.739 bits per heavy atom. The van der Waals surface area contributed by atoms with Gasteiger partial charge < -0.3 is 20.9 Å². The van der Waals surface area contributed by atoms with Crippen LogP contribution >= 0.6 is 0 Å². The number of hydrogen-bond acceptors (Lipinski definition) is 4. The Hall–Kier alpha value is -2.36. The van der Waals surface area contributed by atoms with Gasteiger partial charge in [-0.2, -0.15) is 0 Å². The Balaban J connectivity index is 1.98. The minimum absolute atomic E-state index is 0.320. The molecular formula is C19H26N2O2. The molecule has 0 aromatic heterocycles. The average molecular weight is 314 g/mol. The minimum atomic E-state index is -0.320. The fraction of sp³-hybridized carbons (Fsp3) is 0.368. The van der Waals surface area contributed by atoms with Crippen LogP contribution in [0.25, 0.3) is 0 Å². The maximum atomic E-state index is 5.97. The number of nitrogens with two attached hydrogens (primary N) is 2. The van der Waals surface area contributed by atoms with E-state index in [1.807, 2.05) is 48.5 Å². The van der Waals surface area contributed by atoms with E-state index in [1.54, 1.807) is 0 Å². The molecule has 2 aromatic rings. The van der Waals surface area contributed by atoms with Crippen molar-refractivity contribution in [3.8, 4) is 11.5 Å². The van der Waals surface area contributed by atoms with Crippen LogP contribution in [0.3, 0.4) is 0 Å². The van der Waals surface area contributed by atoms with E-state index in [1.165, 1.54) is 19.3 Å². The molecule has 0 saturated carbocycles. The van der Waals surface area contributed by atoms with Crippen molar-refractivity contribution in [3.63, 3.8) is 0 Å². The molecule has 2 rings (SSSR count). The predicted molar refractivity (Wildman–Crippen MR) is 95.5 cm³/mol. The Labute approximate surface area is 138 Å². The van der Waals surface area contributed by atoms with E-state index in [0.717, 1.165) is 35.7 Å². The van der Waals surface area contributed by atoms with Gasteiger partial charge in [0.15, 0.2) is 0 Å². The normalized spacial score (nSPS) is 10.7. The topological polar surface area (TPSA) is 70.5 Å². The van der Waals surface area contributed by atoms with Crippen molar-refractivity contribution in [2.24, 2.45) is 0 Å². The molecule has 0 fully saturated rings. The lowest BCUT2D eigenvalue weighted by atomic mass is 10.1. The second-order valence-electron chi connectivity index (χ2n) is 5.65. The van der Waals surface area contributed by atoms with Gasteiger partial charge in [-0.15, -0.1) is 0 Å². The summed E-state index contributed by atoms with van der Waals surface area (Å²) in [4.78, 5) is 0. The molecule has 0 aliphatic rings. The van der Waals surface area contributed by atoms with E-state index in [2.05, 4.69) is 6.92 Å². The smallest absolute Gasteiger partial charge is 0.241 e. The van der Waals surface area contributed by atoms with Gasteiger partial charge in [-0.1, -0.05) is 26.2 Å². The van der Waals surface area contributed by atoms with Crippen molar-refractivity contribution in [1.82, 2.24) is 0 Å². The zero-order valence-corrected chi connectivity index (χ0v) is 13.7. The number of anilines is 2. The lowest BCUT2D eigenvalue weighted by molar-refractivity contribution is -0.00241. The Morgan fingerprint density at radius 2 is 1.22 bits per heavy atom. The molecule has 0 aliphatic heterocycles. The summed E-state index contributed by atoms with van der Waals surface area (Å²) in [6, 6.07) is 14.8. The van der Waals surface area contributed by atoms with Gasteiger partial charge in [0.05, 0.1) is 0 Å². The molecule has 2 aromatic carbocycles. The summed E-state index contributed by atoms with van der Waals surface area (Å²) < 4.78 is 11.9. The molecule has 0 aliphatic carbocycles. The maximum absolute atomic E-state index is 5.97. The average Bonchev–Trinajstić information content (AvgIpc) is 2.55. The first-order valence-corrected chi connectivity index (χ1v) is 8.22. The summed E-state index contributed by atoms with van der Waals surface area (Å²) in [5.74, 6) is 1.52. The molecule has 0 bridgehead atoms. The number of nitrogen functional groups attached to an aromatic ring is 2. The lowest BCUT2D eigenvalue weighted by Gasteiger charge is -2.21. The van der Waals surface area contributed by atoms with Gasteiger partial charge >= 0.3 is 0 Å². The minimum Gasteiger partial charge on any atom is -0.455 e. The second kappa shape index (κ2) is 8.93. The number of rotatable bonds is 9. The van der Waals surface area contributed by atoms with Crippen LogP contribution in [-0.2, 0) is 0 Å². The van der Waals surface area contributed by atoms with Crippen LogP contribution < -0.4 is 20.9 Å². The molecule has 0 spiro atoms. The van der Waals surface area contributed by atoms with Crippen LogP contribution in [0.2, 0.25) is 0 Å². The van der Waals surface area contributed by atoms with E-state index in [-0.39, 0.29) is 6.29 Å². The molecule has 0 atom stereocenters. The third-order valence-corrected chi connectivity index (χ3v) is 3.59. The van der Waals surface area contributed by atoms with Gasteiger partial charge in [0, 0.05) is 17.8 Å². The quantitative estimate of drug-likeness (QED) is 0.403. The number of ether oxygens (including phenoxy) is 2. The van der Waals surface area contributed by atoms with Gasteiger partial charge in [0.1, 0.15) is 11.5 Å². The van der Waals surface area contributed by atoms with Crippen LogP contribution in [0.15, 0.2) is 48.5 Å². The first-order valence-electron chi connectivity index (χ1n) is 8.22. The van der Waals surface area contributed by atoms with Crippen molar-refractivity contribution < 1.29 is 9.47 Å². The summed E-state index contributed by atoms with van der Waals surface area (Å²) in [6.07, 6.45) is 5.22. The second-order valence-corrected chi connectivity index (χ2v) is 5.65. The van der Waals surface area contributed by atoms with E-state index >= 15 is 0 Å². The summed E-state index contributed by atoms with van der Waals surface area (Å²) in [5, 5.41) is 0. The fourth-order valence-corrected chi connectivity index (χ4v) is 2.28. The molecular weight excluding hydrogens is 288 g/mol. The summed E-state index contributed by atoms with van der Waals surface area (Å²) >= 11 is 0. The van der Waals surface area contributed by atoms with Gasteiger partial charge in [0.2, 0.25) is 6.29 Å². The number of unbranched alkanes of at least 4 members (excludes halogenated alkanes) is 3. The third-order valence-electron chi connectivity index (χ3n) is 3.59. The van der Waals surface area contributed by atoms with Crippen LogP contribution in [0, 0.1) is 0 Å². The highest BCUT2D eigenvalue weighted by Crippen LogP contribution is 2.21. The van der Waals surface area contributed by atoms with Crippen LogP contribution in [0.4, 0.5) is 11.4 Å². The highest BCUT2D eigenvalue weighted by Gasteiger charge is 2.12. The highest BCUT2D eigenvalue weighted by molar-refractivity contribution is 5.42. The van der Waals surface area contributed by atoms with Crippen molar-refractivity contribution in [1.29, 1.82) is 0 Å². The fourth-order valence-electron chi connectivity index (χ4n) is 2.28. The van der Waals surface area contributed by atoms with E-state index in [4.69, 9.17) is 20.9 Å². The van der Waals surface area contributed by atoms with Crippen molar-refractivity contribution in [3.05, 3.63) is 48.5 Å². The predicted octanol–water partition coefficient (Wildman–Crippen LogP) is 4.61. The van der Waals surface area contributed by atoms with E-state index in [9.17, 15) is 0 Å². The molecule has 124 valence electrons. The lowest BCUT2D eigenvalue weighted by Crippen LogP contribution is -2.24. The van der Waals surface area contributed by atoms with E-state index < -0.39 is 0 Å². The van der Waals surface area contributed by atoms with Gasteiger partial charge in [0.25, 0.3) is 0 Å². The SMILES string of the molecule is CCCCCCC(Oc1ccc(N)cc1)Oc1ccc(N)cc1. The summed E-state index contributed by atoms with van der Waals surface area (Å²) in [5.41, 5.74) is 12.9. The Morgan fingerprint density at radius 3 is 1.65 bits per heavy atom. The molecule has 23 heavy (non-hydrogen) atoms. The zero-order chi connectivity index (χ0) is 16.5. The maximum Gasteiger partial charge on any atom is 0.241 e. The molecule has 0 amide bonds. The van der Waals surface area contributed by atoms with Crippen LogP contribution in [0.1, 0.15) is 39.0 Å². The molecule has 0 radical (unpaired) electrons. The van der Waals surface area contributed by atoms with Crippen molar-refractivity contribution >= 4 is 11.4 Å². The van der Waals surface area contributed by atoms with E-state index in [0.29, 0.717) is 0 Å². The molecule has 0 unspecified atom stereocenters. The molecule has 4 heteroatoms. The molecule has 4 nitrogen and oxygen atoms in total. The summed E-state index contributed by atoms with van der Waals surface area (Å²) in [6.45, 7) is 2.20. The standard InChI is InChI=1S/C19H26N2O2/c1-2-3-4-5-6-19(22-17-11-7-15(20)8-12-17)23-18-13-9-16(21)10-14-18/h7-14,19H,2-6,20-21H2,1H3. The first kappa shape index (κ1) is 17.0. The van der Waals surface area contributed by atoms with Gasteiger partial charge in [-0.05, 0) is 55.0 Å².